The highest BCUT2D eigenvalue weighted by Crippen LogP contribution is 2.33. The molecule has 0 aliphatic carbocycles. The number of urea groups is 1. The second kappa shape index (κ2) is 6.52. The number of carbonyl (C=O) groups excluding carboxylic acids is 1. The molecule has 0 fully saturated rings. The molecular weight excluding hydrogens is 326 g/mol. The monoisotopic (exact) mass is 349 g/mol. The molecule has 130 valence electrons. The Morgan fingerprint density at radius 3 is 3.00 bits per heavy atom. The predicted octanol–water partition coefficient (Wildman–Crippen LogP) is 2.92. The van der Waals surface area contributed by atoms with Gasteiger partial charge in [-0.25, -0.2) is 14.5 Å². The van der Waals surface area contributed by atoms with E-state index in [9.17, 15) is 4.79 Å². The van der Waals surface area contributed by atoms with Crippen LogP contribution in [0.25, 0.3) is 0 Å². The van der Waals surface area contributed by atoms with Gasteiger partial charge >= 0.3 is 6.03 Å². The fourth-order valence-corrected chi connectivity index (χ4v) is 3.55. The Labute approximate surface area is 145 Å². The predicted molar refractivity (Wildman–Crippen MR) is 93.4 cm³/mol. The number of amides is 2. The highest BCUT2D eigenvalue weighted by molar-refractivity contribution is 7.10. The number of anilines is 1. The van der Waals surface area contributed by atoms with Crippen molar-refractivity contribution in [3.05, 3.63) is 28.2 Å². The van der Waals surface area contributed by atoms with Crippen molar-refractivity contribution in [2.45, 2.75) is 51.8 Å². The third-order valence-corrected chi connectivity index (χ3v) is 4.93. The fraction of sp³-hybridized carbons (Fsp3) is 0.562. The Bertz CT molecular complexity index is 718. The number of hydrogen-bond acceptors (Lipinski definition) is 5. The third-order valence-electron chi connectivity index (χ3n) is 3.93. The maximum Gasteiger partial charge on any atom is 0.321 e. The van der Waals surface area contributed by atoms with Crippen molar-refractivity contribution in [1.29, 1.82) is 0 Å². The lowest BCUT2D eigenvalue weighted by Crippen LogP contribution is -2.41. The Kier molecular flexibility index (Phi) is 4.60. The average molecular weight is 349 g/mol. The summed E-state index contributed by atoms with van der Waals surface area (Å²) >= 11 is 1.74. The zero-order chi connectivity index (χ0) is 17.3. The van der Waals surface area contributed by atoms with Crippen molar-refractivity contribution in [3.8, 4) is 0 Å². The van der Waals surface area contributed by atoms with E-state index in [0.717, 1.165) is 6.42 Å². The molecule has 3 heterocycles. The summed E-state index contributed by atoms with van der Waals surface area (Å²) in [6.45, 7) is 8.69. The number of rotatable bonds is 3. The number of nitrogens with one attached hydrogen (secondary N) is 2. The Hall–Kier alpha value is -1.93. The summed E-state index contributed by atoms with van der Waals surface area (Å²) in [5.41, 5.74) is 0.997. The highest BCUT2D eigenvalue weighted by Gasteiger charge is 2.28. The molecule has 7 nitrogen and oxygen atoms in total. The number of hydrogen-bond donors (Lipinski definition) is 2. The lowest BCUT2D eigenvalue weighted by Gasteiger charge is -2.29. The second-order valence-electron chi connectivity index (χ2n) is 6.91. The molecular formula is C16H23N5O2S. The van der Waals surface area contributed by atoms with Crippen LogP contribution >= 0.6 is 11.3 Å². The van der Waals surface area contributed by atoms with Crippen molar-refractivity contribution in [1.82, 2.24) is 20.1 Å². The molecule has 2 aromatic heterocycles. The van der Waals surface area contributed by atoms with Gasteiger partial charge in [-0.2, -0.15) is 0 Å². The lowest BCUT2D eigenvalue weighted by molar-refractivity contribution is 0.0238. The number of ether oxygens (including phenoxy) is 1. The van der Waals surface area contributed by atoms with Gasteiger partial charge in [-0.15, -0.1) is 16.4 Å². The lowest BCUT2D eigenvalue weighted by atomic mass is 10.0. The maximum atomic E-state index is 12.2. The Morgan fingerprint density at radius 2 is 2.29 bits per heavy atom. The van der Waals surface area contributed by atoms with Crippen LogP contribution in [0.2, 0.25) is 0 Å². The van der Waals surface area contributed by atoms with Crippen LogP contribution in [0.15, 0.2) is 17.8 Å². The van der Waals surface area contributed by atoms with E-state index in [4.69, 9.17) is 4.74 Å². The minimum absolute atomic E-state index is 0.120. The zero-order valence-corrected chi connectivity index (χ0v) is 15.2. The molecule has 2 aromatic rings. The number of thiophene rings is 1. The van der Waals surface area contributed by atoms with Gasteiger partial charge in [0.05, 0.1) is 18.2 Å². The molecule has 3 rings (SSSR count). The van der Waals surface area contributed by atoms with Crippen LogP contribution in [0.1, 0.15) is 44.2 Å². The van der Waals surface area contributed by atoms with Gasteiger partial charge < -0.3 is 10.1 Å². The molecule has 0 bridgehead atoms. The summed E-state index contributed by atoms with van der Waals surface area (Å²) in [6, 6.07) is 1.59. The Balaban J connectivity index is 1.60. The molecule has 2 N–H and O–H groups in total. The molecule has 2 atom stereocenters. The first kappa shape index (κ1) is 16.9. The molecule has 24 heavy (non-hydrogen) atoms. The fourth-order valence-electron chi connectivity index (χ4n) is 2.65. The van der Waals surface area contributed by atoms with Crippen LogP contribution in [0.5, 0.6) is 0 Å². The molecule has 0 radical (unpaired) electrons. The van der Waals surface area contributed by atoms with Gasteiger partial charge in [-0.3, -0.25) is 5.32 Å². The summed E-state index contributed by atoms with van der Waals surface area (Å²) < 4.78 is 7.57. The van der Waals surface area contributed by atoms with Crippen LogP contribution in [0, 0.1) is 0 Å². The molecule has 0 spiro atoms. The van der Waals surface area contributed by atoms with Crippen LogP contribution < -0.4 is 10.6 Å². The highest BCUT2D eigenvalue weighted by atomic mass is 32.1. The molecule has 1 aliphatic heterocycles. The molecule has 0 saturated heterocycles. The largest absolute Gasteiger partial charge is 0.371 e. The SMILES string of the molecule is C[C@@H](NC(=O)Nc1ncn(C(C)(C)C)n1)[C@H]1OCCc2sccc21. The zero-order valence-electron chi connectivity index (χ0n) is 14.4. The van der Waals surface area contributed by atoms with Crippen LogP contribution in [0.3, 0.4) is 0 Å². The number of carbonyl (C=O) groups is 1. The van der Waals surface area contributed by atoms with Gasteiger partial charge in [0.25, 0.3) is 0 Å². The first-order valence-corrected chi connectivity index (χ1v) is 8.90. The number of aromatic nitrogens is 3. The van der Waals surface area contributed by atoms with E-state index in [1.807, 2.05) is 27.7 Å². The molecule has 2 amide bonds. The standard InChI is InChI=1S/C16H23N5O2S/c1-10(13-11-6-8-24-12(11)5-7-23-13)18-15(22)19-14-17-9-21(20-14)16(2,3)4/h6,8-10,13H,5,7H2,1-4H3,(H2,18,19,20,22)/t10-,13-/m1/s1. The third kappa shape index (κ3) is 3.59. The van der Waals surface area contributed by atoms with Gasteiger partial charge in [0, 0.05) is 11.3 Å². The van der Waals surface area contributed by atoms with Gasteiger partial charge in [0.1, 0.15) is 12.4 Å². The van der Waals surface area contributed by atoms with E-state index in [2.05, 4.69) is 32.2 Å². The van der Waals surface area contributed by atoms with E-state index in [-0.39, 0.29) is 29.7 Å². The van der Waals surface area contributed by atoms with Gasteiger partial charge in [0.15, 0.2) is 0 Å². The molecule has 0 saturated carbocycles. The normalized spacial score (nSPS) is 18.8. The topological polar surface area (TPSA) is 81.1 Å². The summed E-state index contributed by atoms with van der Waals surface area (Å²) in [5.74, 6) is 0.287. The molecule has 8 heteroatoms. The van der Waals surface area contributed by atoms with Crippen molar-refractivity contribution in [2.24, 2.45) is 0 Å². The van der Waals surface area contributed by atoms with E-state index < -0.39 is 0 Å². The van der Waals surface area contributed by atoms with E-state index >= 15 is 0 Å². The van der Waals surface area contributed by atoms with Crippen molar-refractivity contribution in [3.63, 3.8) is 0 Å². The van der Waals surface area contributed by atoms with Gasteiger partial charge in [-0.05, 0) is 44.7 Å². The van der Waals surface area contributed by atoms with Crippen LogP contribution in [-0.4, -0.2) is 33.4 Å². The molecule has 0 aromatic carbocycles. The average Bonchev–Trinajstić information content (AvgIpc) is 3.14. The van der Waals surface area contributed by atoms with Gasteiger partial charge in [0.2, 0.25) is 5.95 Å². The van der Waals surface area contributed by atoms with Crippen molar-refractivity contribution in [2.75, 3.05) is 11.9 Å². The van der Waals surface area contributed by atoms with Crippen molar-refractivity contribution >= 4 is 23.3 Å². The molecule has 0 unspecified atom stereocenters. The van der Waals surface area contributed by atoms with E-state index in [0.29, 0.717) is 6.61 Å². The van der Waals surface area contributed by atoms with E-state index in [1.165, 1.54) is 10.4 Å². The van der Waals surface area contributed by atoms with Crippen LogP contribution in [0.4, 0.5) is 10.7 Å². The first-order chi connectivity index (χ1) is 11.3. The summed E-state index contributed by atoms with van der Waals surface area (Å²) in [7, 11) is 0. The quantitative estimate of drug-likeness (QED) is 0.893. The maximum absolute atomic E-state index is 12.2. The number of nitrogens with zero attached hydrogens (tertiary/aromatic N) is 3. The molecule has 1 aliphatic rings. The second-order valence-corrected chi connectivity index (χ2v) is 7.91. The first-order valence-electron chi connectivity index (χ1n) is 8.02. The summed E-state index contributed by atoms with van der Waals surface area (Å²) in [5, 5.41) is 11.9. The smallest absolute Gasteiger partial charge is 0.321 e. The van der Waals surface area contributed by atoms with Gasteiger partial charge in [-0.1, -0.05) is 0 Å². The minimum Gasteiger partial charge on any atom is -0.371 e. The summed E-state index contributed by atoms with van der Waals surface area (Å²) in [4.78, 5) is 17.7. The van der Waals surface area contributed by atoms with E-state index in [1.54, 1.807) is 22.3 Å². The Morgan fingerprint density at radius 1 is 1.50 bits per heavy atom. The summed E-state index contributed by atoms with van der Waals surface area (Å²) in [6.07, 6.45) is 2.43. The van der Waals surface area contributed by atoms with Crippen molar-refractivity contribution < 1.29 is 9.53 Å². The van der Waals surface area contributed by atoms with Crippen LogP contribution in [-0.2, 0) is 16.7 Å². The minimum atomic E-state index is -0.333. The number of fused-ring (bicyclic) bond motifs is 1.